The first-order chi connectivity index (χ1) is 15.6. The van der Waals surface area contributed by atoms with Crippen LogP contribution in [0.15, 0.2) is 89.1 Å². The van der Waals surface area contributed by atoms with Gasteiger partial charge >= 0.3 is 5.97 Å². The molecular weight excluding hydrogens is 412 g/mol. The molecule has 0 bridgehead atoms. The summed E-state index contributed by atoms with van der Waals surface area (Å²) < 4.78 is 10.7. The largest absolute Gasteiger partial charge is 0.454 e. The van der Waals surface area contributed by atoms with Crippen LogP contribution in [0.2, 0.25) is 0 Å². The van der Waals surface area contributed by atoms with Crippen LogP contribution in [0.25, 0.3) is 0 Å². The predicted octanol–water partition coefficient (Wildman–Crippen LogP) is 6.57. The first-order valence-electron chi connectivity index (χ1n) is 11.3. The van der Waals surface area contributed by atoms with Crippen molar-refractivity contribution in [3.05, 3.63) is 94.6 Å². The lowest BCUT2D eigenvalue weighted by Gasteiger charge is -2.36. The number of allylic oxidation sites excluding steroid dienone is 8. The molecule has 0 radical (unpaired) electrons. The van der Waals surface area contributed by atoms with Crippen LogP contribution in [0.5, 0.6) is 0 Å². The topological polar surface area (TPSA) is 52.6 Å². The number of hydrogen-bond acceptors (Lipinski definition) is 4. The summed E-state index contributed by atoms with van der Waals surface area (Å²) in [5.74, 6) is -0.754. The molecule has 1 aromatic rings. The average molecular weight is 449 g/mol. The highest BCUT2D eigenvalue weighted by atomic mass is 16.5. The Bertz CT molecular complexity index is 988. The van der Waals surface area contributed by atoms with E-state index in [0.717, 1.165) is 24.0 Å². The maximum Gasteiger partial charge on any atom is 0.331 e. The van der Waals surface area contributed by atoms with E-state index in [0.29, 0.717) is 5.56 Å². The first kappa shape index (κ1) is 26.3. The van der Waals surface area contributed by atoms with Crippen LogP contribution in [0.3, 0.4) is 0 Å². The van der Waals surface area contributed by atoms with Gasteiger partial charge in [-0.15, -0.1) is 0 Å². The Morgan fingerprint density at radius 3 is 2.45 bits per heavy atom. The molecule has 0 spiro atoms. The highest BCUT2D eigenvalue weighted by Gasteiger charge is 2.31. The normalized spacial score (nSPS) is 19.4. The summed E-state index contributed by atoms with van der Waals surface area (Å²) in [7, 11) is 1.77. The number of ketones is 1. The fourth-order valence-corrected chi connectivity index (χ4v) is 3.94. The Hall–Kier alpha value is -2.98. The van der Waals surface area contributed by atoms with Crippen molar-refractivity contribution in [3.8, 4) is 0 Å². The van der Waals surface area contributed by atoms with Gasteiger partial charge in [0.05, 0.1) is 6.10 Å². The molecule has 1 aliphatic rings. The zero-order chi connectivity index (χ0) is 24.4. The Labute approximate surface area is 198 Å². The summed E-state index contributed by atoms with van der Waals surface area (Å²) >= 11 is 0. The molecule has 33 heavy (non-hydrogen) atoms. The highest BCUT2D eigenvalue weighted by molar-refractivity contribution is 5.98. The van der Waals surface area contributed by atoms with Crippen molar-refractivity contribution < 1.29 is 19.1 Å². The molecule has 0 N–H and O–H groups in total. The third-order valence-corrected chi connectivity index (χ3v) is 5.97. The molecule has 0 heterocycles. The lowest BCUT2D eigenvalue weighted by atomic mass is 9.71. The maximum atomic E-state index is 12.0. The molecule has 4 nitrogen and oxygen atoms in total. The minimum Gasteiger partial charge on any atom is -0.454 e. The van der Waals surface area contributed by atoms with Gasteiger partial charge in [0.25, 0.3) is 0 Å². The molecule has 1 unspecified atom stereocenters. The van der Waals surface area contributed by atoms with Crippen LogP contribution in [-0.4, -0.2) is 31.6 Å². The van der Waals surface area contributed by atoms with Crippen molar-refractivity contribution in [2.45, 2.75) is 53.6 Å². The molecule has 0 aromatic heterocycles. The van der Waals surface area contributed by atoms with Gasteiger partial charge in [0.2, 0.25) is 0 Å². The number of rotatable bonds is 9. The van der Waals surface area contributed by atoms with E-state index >= 15 is 0 Å². The van der Waals surface area contributed by atoms with E-state index in [9.17, 15) is 9.59 Å². The molecular formula is C29H36O4. The number of carbonyl (C=O) groups is 2. The summed E-state index contributed by atoms with van der Waals surface area (Å²) in [5.41, 5.74) is 5.14. The number of methoxy groups -OCH3 is 1. The predicted molar refractivity (Wildman–Crippen MR) is 134 cm³/mol. The van der Waals surface area contributed by atoms with E-state index in [4.69, 9.17) is 9.47 Å². The summed E-state index contributed by atoms with van der Waals surface area (Å²) in [4.78, 5) is 24.0. The van der Waals surface area contributed by atoms with Crippen LogP contribution < -0.4 is 0 Å². The van der Waals surface area contributed by atoms with Crippen molar-refractivity contribution in [2.24, 2.45) is 5.41 Å². The lowest BCUT2D eigenvalue weighted by molar-refractivity contribution is -0.136. The van der Waals surface area contributed by atoms with Crippen LogP contribution in [0.1, 0.15) is 57.8 Å². The third kappa shape index (κ3) is 8.14. The van der Waals surface area contributed by atoms with Crippen LogP contribution >= 0.6 is 0 Å². The maximum absolute atomic E-state index is 12.0. The van der Waals surface area contributed by atoms with Crippen molar-refractivity contribution in [1.29, 1.82) is 0 Å². The molecule has 2 rings (SSSR count). The Morgan fingerprint density at radius 2 is 1.79 bits per heavy atom. The fourth-order valence-electron chi connectivity index (χ4n) is 3.94. The third-order valence-electron chi connectivity index (χ3n) is 5.97. The van der Waals surface area contributed by atoms with E-state index in [2.05, 4.69) is 32.9 Å². The van der Waals surface area contributed by atoms with Crippen molar-refractivity contribution in [2.75, 3.05) is 13.7 Å². The smallest absolute Gasteiger partial charge is 0.331 e. The van der Waals surface area contributed by atoms with E-state index in [1.807, 2.05) is 38.1 Å². The van der Waals surface area contributed by atoms with Gasteiger partial charge in [0.15, 0.2) is 12.4 Å². The second-order valence-electron chi connectivity index (χ2n) is 9.13. The number of ether oxygens (including phenoxy) is 2. The lowest BCUT2D eigenvalue weighted by Crippen LogP contribution is -2.28. The first-order valence-corrected chi connectivity index (χ1v) is 11.3. The minimum atomic E-state index is -0.531. The molecule has 0 amide bonds. The second-order valence-corrected chi connectivity index (χ2v) is 9.13. The second kappa shape index (κ2) is 12.3. The molecule has 0 saturated carbocycles. The quantitative estimate of drug-likeness (QED) is 0.186. The summed E-state index contributed by atoms with van der Waals surface area (Å²) in [5, 5.41) is 0. The molecule has 0 aliphatic heterocycles. The Balaban J connectivity index is 1.93. The summed E-state index contributed by atoms with van der Waals surface area (Å²) in [6.07, 6.45) is 13.8. The average Bonchev–Trinajstić information content (AvgIpc) is 2.77. The molecule has 176 valence electrons. The highest BCUT2D eigenvalue weighted by Crippen LogP contribution is 2.41. The van der Waals surface area contributed by atoms with Gasteiger partial charge in [0.1, 0.15) is 0 Å². The van der Waals surface area contributed by atoms with Gasteiger partial charge in [-0.05, 0) is 55.7 Å². The molecule has 1 atom stereocenters. The standard InChI is InChI=1S/C29H36O4/c1-21(15-16-25-23(3)27(32-6)17-18-29(25,4)5)11-10-12-22(2)19-28(31)33-20-26(30)24-13-8-7-9-14-24/h7-16,19,27H,17-18,20H2,1-6H3/b12-10?,16-15?,21-11-,22-19?. The monoisotopic (exact) mass is 448 g/mol. The molecule has 0 saturated heterocycles. The van der Waals surface area contributed by atoms with Gasteiger partial charge < -0.3 is 9.47 Å². The number of esters is 1. The van der Waals surface area contributed by atoms with Crippen molar-refractivity contribution >= 4 is 11.8 Å². The number of hydrogen-bond donors (Lipinski definition) is 0. The Morgan fingerprint density at radius 1 is 1.09 bits per heavy atom. The van der Waals surface area contributed by atoms with Crippen molar-refractivity contribution in [1.82, 2.24) is 0 Å². The molecule has 0 fully saturated rings. The number of benzene rings is 1. The van der Waals surface area contributed by atoms with E-state index < -0.39 is 5.97 Å². The molecule has 1 aromatic carbocycles. The molecule has 4 heteroatoms. The number of carbonyl (C=O) groups excluding carboxylic acids is 2. The van der Waals surface area contributed by atoms with Crippen LogP contribution in [0, 0.1) is 5.41 Å². The zero-order valence-electron chi connectivity index (χ0n) is 20.7. The summed E-state index contributed by atoms with van der Waals surface area (Å²) in [6.45, 7) is 10.3. The van der Waals surface area contributed by atoms with Crippen LogP contribution in [-0.2, 0) is 14.3 Å². The summed E-state index contributed by atoms with van der Waals surface area (Å²) in [6, 6.07) is 8.79. The fraction of sp³-hybridized carbons (Fsp3) is 0.379. The van der Waals surface area contributed by atoms with Gasteiger partial charge in [-0.2, -0.15) is 0 Å². The SMILES string of the molecule is COC1CCC(C)(C)C(C=C/C(C)=C\C=CC(C)=CC(=O)OCC(=O)c2ccccc2)=C1C. The van der Waals surface area contributed by atoms with Gasteiger partial charge in [-0.25, -0.2) is 4.79 Å². The molecule has 1 aliphatic carbocycles. The van der Waals surface area contributed by atoms with E-state index in [1.165, 1.54) is 17.2 Å². The van der Waals surface area contributed by atoms with E-state index in [-0.39, 0.29) is 23.9 Å². The van der Waals surface area contributed by atoms with Crippen molar-refractivity contribution in [3.63, 3.8) is 0 Å². The van der Waals surface area contributed by atoms with E-state index in [1.54, 1.807) is 31.4 Å². The van der Waals surface area contributed by atoms with Gasteiger partial charge in [-0.1, -0.05) is 80.1 Å². The van der Waals surface area contributed by atoms with Crippen LogP contribution in [0.4, 0.5) is 0 Å². The zero-order valence-corrected chi connectivity index (χ0v) is 20.7. The van der Waals surface area contributed by atoms with Gasteiger partial charge in [-0.3, -0.25) is 4.79 Å². The Kier molecular flexibility index (Phi) is 9.80. The minimum absolute atomic E-state index is 0.132. The van der Waals surface area contributed by atoms with Gasteiger partial charge in [0, 0.05) is 18.7 Å². The number of Topliss-reactive ketones (excluding diaryl/α,β-unsaturated/α-hetero) is 1.